The van der Waals surface area contributed by atoms with Gasteiger partial charge in [-0.3, -0.25) is 0 Å². The first-order valence-corrected chi connectivity index (χ1v) is 7.60. The Morgan fingerprint density at radius 3 is 2.58 bits per heavy atom. The van der Waals surface area contributed by atoms with Crippen LogP contribution in [0.2, 0.25) is 5.02 Å². The number of hydrogen-bond donors (Lipinski definition) is 3. The highest BCUT2D eigenvalue weighted by Gasteiger charge is 2.19. The molecule has 106 valence electrons. The van der Waals surface area contributed by atoms with E-state index in [0.29, 0.717) is 10.6 Å². The summed E-state index contributed by atoms with van der Waals surface area (Å²) in [5.74, 6) is -0.0741. The van der Waals surface area contributed by atoms with Gasteiger partial charge in [-0.1, -0.05) is 29.8 Å². The van der Waals surface area contributed by atoms with E-state index in [1.807, 2.05) is 0 Å². The number of halogens is 1. The van der Waals surface area contributed by atoms with Gasteiger partial charge in [-0.05, 0) is 18.6 Å². The van der Waals surface area contributed by atoms with Gasteiger partial charge in [-0.2, -0.15) is 0 Å². The third kappa shape index (κ3) is 5.06. The fraction of sp³-hybridized carbons (Fsp3) is 0.364. The third-order valence-electron chi connectivity index (χ3n) is 2.47. The first-order valence-electron chi connectivity index (χ1n) is 5.57. The smallest absolute Gasteiger partial charge is 0.405 e. The number of hydrogen-bond acceptors (Lipinski definition) is 3. The molecule has 19 heavy (non-hydrogen) atoms. The largest absolute Gasteiger partial charge is 0.465 e. The van der Waals surface area contributed by atoms with E-state index in [4.69, 9.17) is 16.7 Å². The molecule has 1 aromatic carbocycles. The predicted octanol–water partition coefficient (Wildman–Crippen LogP) is 1.59. The maximum atomic E-state index is 11.4. The van der Waals surface area contributed by atoms with E-state index in [1.54, 1.807) is 24.3 Å². The molecule has 0 aliphatic rings. The molecule has 0 bridgehead atoms. The monoisotopic (exact) mass is 306 g/mol. The van der Waals surface area contributed by atoms with Crippen LogP contribution in [-0.2, 0) is 10.0 Å². The Morgan fingerprint density at radius 2 is 2.05 bits per heavy atom. The number of nitrogens with one attached hydrogen (secondary N) is 2. The van der Waals surface area contributed by atoms with E-state index in [-0.39, 0.29) is 12.3 Å². The number of amides is 1. The molecule has 6 nitrogen and oxygen atoms in total. The van der Waals surface area contributed by atoms with Gasteiger partial charge in [0.05, 0.1) is 11.8 Å². The average molecular weight is 307 g/mol. The van der Waals surface area contributed by atoms with E-state index in [0.717, 1.165) is 0 Å². The van der Waals surface area contributed by atoms with Crippen LogP contribution < -0.4 is 10.0 Å². The Hall–Kier alpha value is -1.31. The zero-order valence-electron chi connectivity index (χ0n) is 10.3. The van der Waals surface area contributed by atoms with Gasteiger partial charge in [0, 0.05) is 11.6 Å². The highest BCUT2D eigenvalue weighted by Crippen LogP contribution is 2.22. The SMILES string of the molecule is CCS(=O)(=O)NCC(NC(=O)O)c1ccccc1Cl. The predicted molar refractivity (Wildman–Crippen MR) is 72.8 cm³/mol. The average Bonchev–Trinajstić information content (AvgIpc) is 2.35. The fourth-order valence-corrected chi connectivity index (χ4v) is 2.35. The molecule has 8 heteroatoms. The Labute approximate surface area is 116 Å². The Morgan fingerprint density at radius 1 is 1.42 bits per heavy atom. The van der Waals surface area contributed by atoms with Gasteiger partial charge in [0.1, 0.15) is 0 Å². The molecule has 0 aromatic heterocycles. The van der Waals surface area contributed by atoms with Crippen molar-refractivity contribution in [3.05, 3.63) is 34.9 Å². The van der Waals surface area contributed by atoms with Crippen LogP contribution in [0.5, 0.6) is 0 Å². The van der Waals surface area contributed by atoms with Crippen molar-refractivity contribution in [2.75, 3.05) is 12.3 Å². The first-order chi connectivity index (χ1) is 8.85. The zero-order valence-corrected chi connectivity index (χ0v) is 11.8. The van der Waals surface area contributed by atoms with Crippen LogP contribution in [-0.4, -0.2) is 31.9 Å². The molecule has 0 spiro atoms. The molecule has 0 fully saturated rings. The van der Waals surface area contributed by atoms with Crippen LogP contribution in [0.15, 0.2) is 24.3 Å². The molecule has 1 atom stereocenters. The molecule has 3 N–H and O–H groups in total. The molecular weight excluding hydrogens is 292 g/mol. The first kappa shape index (κ1) is 15.7. The van der Waals surface area contributed by atoms with E-state index in [9.17, 15) is 13.2 Å². The number of benzene rings is 1. The molecule has 1 unspecified atom stereocenters. The highest BCUT2D eigenvalue weighted by molar-refractivity contribution is 7.89. The molecule has 0 radical (unpaired) electrons. The molecule has 0 heterocycles. The second-order valence-electron chi connectivity index (χ2n) is 3.78. The quantitative estimate of drug-likeness (QED) is 0.743. The van der Waals surface area contributed by atoms with Crippen LogP contribution in [0.25, 0.3) is 0 Å². The van der Waals surface area contributed by atoms with Crippen LogP contribution >= 0.6 is 11.6 Å². The summed E-state index contributed by atoms with van der Waals surface area (Å²) >= 11 is 5.98. The molecule has 0 aliphatic carbocycles. The number of carboxylic acid groups (broad SMARTS) is 1. The molecule has 0 saturated carbocycles. The summed E-state index contributed by atoms with van der Waals surface area (Å²) in [6.45, 7) is 1.41. The molecule has 1 amide bonds. The van der Waals surface area contributed by atoms with Crippen molar-refractivity contribution in [2.45, 2.75) is 13.0 Å². The molecule has 0 aliphatic heterocycles. The molecular formula is C11H15ClN2O4S. The van der Waals surface area contributed by atoms with Gasteiger partial charge >= 0.3 is 6.09 Å². The Balaban J connectivity index is 2.90. The van der Waals surface area contributed by atoms with Gasteiger partial charge in [0.15, 0.2) is 0 Å². The van der Waals surface area contributed by atoms with Crippen molar-refractivity contribution in [2.24, 2.45) is 0 Å². The number of carbonyl (C=O) groups is 1. The minimum absolute atomic E-state index is 0.0741. The van der Waals surface area contributed by atoms with Crippen LogP contribution in [0.1, 0.15) is 18.5 Å². The summed E-state index contributed by atoms with van der Waals surface area (Å²) in [6, 6.07) is 5.92. The second kappa shape index (κ2) is 6.74. The zero-order chi connectivity index (χ0) is 14.5. The van der Waals surface area contributed by atoms with E-state index < -0.39 is 22.2 Å². The molecule has 1 rings (SSSR count). The van der Waals surface area contributed by atoms with Gasteiger partial charge in [-0.15, -0.1) is 0 Å². The van der Waals surface area contributed by atoms with Crippen LogP contribution in [0.4, 0.5) is 4.79 Å². The summed E-state index contributed by atoms with van der Waals surface area (Å²) in [6.07, 6.45) is -1.25. The van der Waals surface area contributed by atoms with Crippen LogP contribution in [0, 0.1) is 0 Å². The summed E-state index contributed by atoms with van der Waals surface area (Å²) in [7, 11) is -3.40. The van der Waals surface area contributed by atoms with Crippen molar-refractivity contribution in [3.8, 4) is 0 Å². The molecule has 1 aromatic rings. The maximum absolute atomic E-state index is 11.4. The van der Waals surface area contributed by atoms with Gasteiger partial charge in [0.25, 0.3) is 0 Å². The minimum atomic E-state index is -3.40. The summed E-state index contributed by atoms with van der Waals surface area (Å²) in [5, 5.41) is 11.4. The number of sulfonamides is 1. The van der Waals surface area contributed by atoms with Crippen molar-refractivity contribution in [1.29, 1.82) is 0 Å². The Kier molecular flexibility index (Phi) is 5.59. The molecule has 0 saturated heterocycles. The topological polar surface area (TPSA) is 95.5 Å². The van der Waals surface area contributed by atoms with Crippen molar-refractivity contribution in [3.63, 3.8) is 0 Å². The normalized spacial score (nSPS) is 12.9. The third-order valence-corrected chi connectivity index (χ3v) is 4.18. The lowest BCUT2D eigenvalue weighted by molar-refractivity contribution is 0.190. The second-order valence-corrected chi connectivity index (χ2v) is 6.28. The van der Waals surface area contributed by atoms with Crippen molar-refractivity contribution < 1.29 is 18.3 Å². The van der Waals surface area contributed by atoms with Crippen LogP contribution in [0.3, 0.4) is 0 Å². The van der Waals surface area contributed by atoms with E-state index in [1.165, 1.54) is 6.92 Å². The van der Waals surface area contributed by atoms with Gasteiger partial charge in [-0.25, -0.2) is 17.9 Å². The van der Waals surface area contributed by atoms with Gasteiger partial charge < -0.3 is 10.4 Å². The van der Waals surface area contributed by atoms with E-state index in [2.05, 4.69) is 10.0 Å². The summed E-state index contributed by atoms with van der Waals surface area (Å²) in [5.41, 5.74) is 0.519. The minimum Gasteiger partial charge on any atom is -0.465 e. The summed E-state index contributed by atoms with van der Waals surface area (Å²) < 4.78 is 25.1. The lowest BCUT2D eigenvalue weighted by atomic mass is 10.1. The fourth-order valence-electron chi connectivity index (χ4n) is 1.46. The number of rotatable bonds is 6. The lowest BCUT2D eigenvalue weighted by Crippen LogP contribution is -2.37. The summed E-state index contributed by atoms with van der Waals surface area (Å²) in [4.78, 5) is 10.8. The van der Waals surface area contributed by atoms with Crippen molar-refractivity contribution >= 4 is 27.7 Å². The highest BCUT2D eigenvalue weighted by atomic mass is 35.5. The van der Waals surface area contributed by atoms with E-state index >= 15 is 0 Å². The maximum Gasteiger partial charge on any atom is 0.405 e. The lowest BCUT2D eigenvalue weighted by Gasteiger charge is -2.19. The van der Waals surface area contributed by atoms with Crippen molar-refractivity contribution in [1.82, 2.24) is 10.0 Å². The van der Waals surface area contributed by atoms with Gasteiger partial charge in [0.2, 0.25) is 10.0 Å². The standard InChI is InChI=1S/C11H15ClN2O4S/c1-2-19(17,18)13-7-10(14-11(15)16)8-5-3-4-6-9(8)12/h3-6,10,13-14H,2,7H2,1H3,(H,15,16). The Bertz CT molecular complexity index is 547.